The molecule has 4 nitrogen and oxygen atoms in total. The lowest BCUT2D eigenvalue weighted by Crippen LogP contribution is -2.29. The van der Waals surface area contributed by atoms with Crippen LogP contribution in [0.25, 0.3) is 0 Å². The maximum Gasteiger partial charge on any atom is 0.211 e. The first kappa shape index (κ1) is 12.0. The van der Waals surface area contributed by atoms with Crippen molar-refractivity contribution in [3.05, 3.63) is 28.5 Å². The van der Waals surface area contributed by atoms with Crippen LogP contribution in [0.5, 0.6) is 0 Å². The molecule has 0 aliphatic carbocycles. The first-order chi connectivity index (χ1) is 7.48. The van der Waals surface area contributed by atoms with Gasteiger partial charge in [0.2, 0.25) is 10.0 Å². The van der Waals surface area contributed by atoms with Gasteiger partial charge < -0.3 is 0 Å². The van der Waals surface area contributed by atoms with Gasteiger partial charge in [-0.15, -0.1) is 0 Å². The molecule has 0 radical (unpaired) electrons. The average molecular weight is 305 g/mol. The number of aromatic nitrogens is 1. The van der Waals surface area contributed by atoms with Crippen LogP contribution < -0.4 is 0 Å². The zero-order valence-corrected chi connectivity index (χ0v) is 11.3. The molecule has 0 spiro atoms. The molecule has 1 aromatic heterocycles. The standard InChI is InChI=1S/C10H13BrN2O2S/c1-16(14,15)13-7-3-5-9(13)8-4-2-6-10(11)12-8/h2,4,6,9H,3,5,7H2,1H3/t9-/m1/s1. The summed E-state index contributed by atoms with van der Waals surface area (Å²) in [6.45, 7) is 0.595. The molecule has 2 heterocycles. The molecule has 1 aromatic rings. The number of halogens is 1. The van der Waals surface area contributed by atoms with E-state index in [1.54, 1.807) is 0 Å². The zero-order valence-electron chi connectivity index (χ0n) is 8.93. The minimum Gasteiger partial charge on any atom is -0.244 e. The highest BCUT2D eigenvalue weighted by Gasteiger charge is 2.33. The van der Waals surface area contributed by atoms with Gasteiger partial charge in [-0.05, 0) is 40.9 Å². The van der Waals surface area contributed by atoms with Crippen LogP contribution in [0.1, 0.15) is 24.6 Å². The van der Waals surface area contributed by atoms with E-state index in [0.29, 0.717) is 6.54 Å². The Morgan fingerprint density at radius 3 is 2.88 bits per heavy atom. The molecule has 1 fully saturated rings. The van der Waals surface area contributed by atoms with E-state index < -0.39 is 10.0 Å². The Kier molecular flexibility index (Phi) is 3.32. The molecule has 6 heteroatoms. The van der Waals surface area contributed by atoms with Crippen LogP contribution in [0.3, 0.4) is 0 Å². The number of rotatable bonds is 2. The zero-order chi connectivity index (χ0) is 11.8. The second-order valence-corrected chi connectivity index (χ2v) is 6.66. The molecule has 1 saturated heterocycles. The Hall–Kier alpha value is -0.460. The van der Waals surface area contributed by atoms with Crippen molar-refractivity contribution in [3.8, 4) is 0 Å². The van der Waals surface area contributed by atoms with Gasteiger partial charge in [0, 0.05) is 6.54 Å². The fraction of sp³-hybridized carbons (Fsp3) is 0.500. The monoisotopic (exact) mass is 304 g/mol. The fourth-order valence-corrected chi connectivity index (χ4v) is 3.54. The summed E-state index contributed by atoms with van der Waals surface area (Å²) in [7, 11) is -3.13. The third-order valence-electron chi connectivity index (χ3n) is 2.71. The van der Waals surface area contributed by atoms with Crippen LogP contribution in [0.4, 0.5) is 0 Å². The lowest BCUT2D eigenvalue weighted by Gasteiger charge is -2.21. The molecule has 16 heavy (non-hydrogen) atoms. The van der Waals surface area contributed by atoms with E-state index in [4.69, 9.17) is 0 Å². The summed E-state index contributed by atoms with van der Waals surface area (Å²) < 4.78 is 25.4. The normalized spacial score (nSPS) is 22.5. The maximum atomic E-state index is 11.6. The molecular formula is C10H13BrN2O2S. The van der Waals surface area contributed by atoms with Gasteiger partial charge in [0.05, 0.1) is 18.0 Å². The van der Waals surface area contributed by atoms with Crippen molar-refractivity contribution in [1.29, 1.82) is 0 Å². The maximum absolute atomic E-state index is 11.6. The third kappa shape index (κ3) is 2.44. The van der Waals surface area contributed by atoms with Crippen LogP contribution in [-0.2, 0) is 10.0 Å². The van der Waals surface area contributed by atoms with Gasteiger partial charge in [0.1, 0.15) is 4.60 Å². The van der Waals surface area contributed by atoms with Gasteiger partial charge in [-0.3, -0.25) is 0 Å². The predicted octanol–water partition coefficient (Wildman–Crippen LogP) is 1.94. The van der Waals surface area contributed by atoms with E-state index in [9.17, 15) is 8.42 Å². The molecule has 1 aliphatic heterocycles. The Morgan fingerprint density at radius 2 is 2.25 bits per heavy atom. The molecule has 0 N–H and O–H groups in total. The molecule has 0 saturated carbocycles. The number of sulfonamides is 1. The average Bonchev–Trinajstić information content (AvgIpc) is 2.65. The van der Waals surface area contributed by atoms with Gasteiger partial charge >= 0.3 is 0 Å². The Balaban J connectivity index is 2.34. The number of hydrogen-bond donors (Lipinski definition) is 0. The van der Waals surface area contributed by atoms with Crippen molar-refractivity contribution < 1.29 is 8.42 Å². The minimum atomic E-state index is -3.13. The summed E-state index contributed by atoms with van der Waals surface area (Å²) in [5.41, 5.74) is 0.817. The molecule has 1 aliphatic rings. The van der Waals surface area contributed by atoms with Gasteiger partial charge in [-0.1, -0.05) is 6.07 Å². The summed E-state index contributed by atoms with van der Waals surface area (Å²) in [6.07, 6.45) is 2.99. The van der Waals surface area contributed by atoms with E-state index in [0.717, 1.165) is 23.1 Å². The minimum absolute atomic E-state index is 0.104. The van der Waals surface area contributed by atoms with Crippen LogP contribution >= 0.6 is 15.9 Å². The van der Waals surface area contributed by atoms with Crippen LogP contribution in [0, 0.1) is 0 Å². The Bertz CT molecular complexity index is 489. The molecule has 0 amide bonds. The summed E-state index contributed by atoms with van der Waals surface area (Å²) in [5, 5.41) is 0. The predicted molar refractivity (Wildman–Crippen MR) is 65.5 cm³/mol. The summed E-state index contributed by atoms with van der Waals surface area (Å²) >= 11 is 3.30. The molecule has 2 rings (SSSR count). The molecule has 88 valence electrons. The van der Waals surface area contributed by atoms with Crippen molar-refractivity contribution in [3.63, 3.8) is 0 Å². The molecule has 0 bridgehead atoms. The summed E-state index contributed by atoms with van der Waals surface area (Å²) in [5.74, 6) is 0. The van der Waals surface area contributed by atoms with Crippen LogP contribution in [0.2, 0.25) is 0 Å². The highest BCUT2D eigenvalue weighted by atomic mass is 79.9. The fourth-order valence-electron chi connectivity index (χ4n) is 2.04. The lowest BCUT2D eigenvalue weighted by atomic mass is 10.1. The highest BCUT2D eigenvalue weighted by Crippen LogP contribution is 2.33. The van der Waals surface area contributed by atoms with Crippen molar-refractivity contribution in [1.82, 2.24) is 9.29 Å². The summed E-state index contributed by atoms with van der Waals surface area (Å²) in [4.78, 5) is 4.33. The second kappa shape index (κ2) is 4.43. The molecule has 0 unspecified atom stereocenters. The van der Waals surface area contributed by atoms with E-state index in [-0.39, 0.29) is 6.04 Å². The van der Waals surface area contributed by atoms with Gasteiger partial charge in [-0.2, -0.15) is 4.31 Å². The van der Waals surface area contributed by atoms with Crippen LogP contribution in [-0.4, -0.2) is 30.5 Å². The largest absolute Gasteiger partial charge is 0.244 e. The van der Waals surface area contributed by atoms with E-state index in [1.807, 2.05) is 18.2 Å². The van der Waals surface area contributed by atoms with Crippen LogP contribution in [0.15, 0.2) is 22.8 Å². The summed E-state index contributed by atoms with van der Waals surface area (Å²) in [6, 6.07) is 5.49. The first-order valence-corrected chi connectivity index (χ1v) is 7.72. The Morgan fingerprint density at radius 1 is 1.50 bits per heavy atom. The number of pyridine rings is 1. The van der Waals surface area contributed by atoms with Crippen molar-refractivity contribution in [2.75, 3.05) is 12.8 Å². The molecule has 1 atom stereocenters. The van der Waals surface area contributed by atoms with Crippen molar-refractivity contribution in [2.24, 2.45) is 0 Å². The second-order valence-electron chi connectivity index (χ2n) is 3.92. The van der Waals surface area contributed by atoms with E-state index in [1.165, 1.54) is 10.6 Å². The first-order valence-electron chi connectivity index (χ1n) is 5.08. The van der Waals surface area contributed by atoms with Gasteiger partial charge in [0.15, 0.2) is 0 Å². The lowest BCUT2D eigenvalue weighted by molar-refractivity contribution is 0.394. The van der Waals surface area contributed by atoms with E-state index in [2.05, 4.69) is 20.9 Å². The molecular weight excluding hydrogens is 292 g/mol. The number of nitrogens with zero attached hydrogens (tertiary/aromatic N) is 2. The van der Waals surface area contributed by atoms with Gasteiger partial charge in [-0.25, -0.2) is 13.4 Å². The topological polar surface area (TPSA) is 50.3 Å². The quantitative estimate of drug-likeness (QED) is 0.785. The Labute approximate surface area is 104 Å². The SMILES string of the molecule is CS(=O)(=O)N1CCC[C@@H]1c1cccc(Br)n1. The van der Waals surface area contributed by atoms with E-state index >= 15 is 0 Å². The third-order valence-corrected chi connectivity index (χ3v) is 4.44. The van der Waals surface area contributed by atoms with Gasteiger partial charge in [0.25, 0.3) is 0 Å². The smallest absolute Gasteiger partial charge is 0.211 e. The number of hydrogen-bond acceptors (Lipinski definition) is 3. The van der Waals surface area contributed by atoms with Crippen molar-refractivity contribution in [2.45, 2.75) is 18.9 Å². The van der Waals surface area contributed by atoms with Crippen molar-refractivity contribution >= 4 is 26.0 Å². The molecule has 0 aromatic carbocycles. The highest BCUT2D eigenvalue weighted by molar-refractivity contribution is 9.10.